The predicted molar refractivity (Wildman–Crippen MR) is 96.0 cm³/mol. The van der Waals surface area contributed by atoms with E-state index < -0.39 is 29.3 Å². The third-order valence-electron chi connectivity index (χ3n) is 4.52. The third-order valence-corrected chi connectivity index (χ3v) is 4.52. The Hall–Kier alpha value is -1.85. The summed E-state index contributed by atoms with van der Waals surface area (Å²) < 4.78 is 37.3. The summed E-state index contributed by atoms with van der Waals surface area (Å²) >= 11 is 0. The number of rotatable bonds is 12. The molecule has 3 nitrogen and oxygen atoms in total. The molecule has 0 aliphatic carbocycles. The zero-order valence-electron chi connectivity index (χ0n) is 15.3. The average Bonchev–Trinajstić information content (AvgIpc) is 2.59. The van der Waals surface area contributed by atoms with Gasteiger partial charge in [-0.25, -0.2) is 0 Å². The second kappa shape index (κ2) is 11.0. The van der Waals surface area contributed by atoms with Gasteiger partial charge < -0.3 is 5.73 Å². The molecule has 0 radical (unpaired) electrons. The van der Waals surface area contributed by atoms with Crippen LogP contribution in [0.1, 0.15) is 86.6 Å². The van der Waals surface area contributed by atoms with E-state index in [1.807, 2.05) is 0 Å². The summed E-state index contributed by atoms with van der Waals surface area (Å²) in [5, 5.41) is 0. The van der Waals surface area contributed by atoms with Crippen molar-refractivity contribution < 1.29 is 22.8 Å². The zero-order chi connectivity index (χ0) is 19.6. The van der Waals surface area contributed by atoms with E-state index in [9.17, 15) is 22.8 Å². The number of halogens is 3. The van der Waals surface area contributed by atoms with E-state index in [2.05, 4.69) is 6.92 Å². The number of benzene rings is 1. The summed E-state index contributed by atoms with van der Waals surface area (Å²) in [5.74, 6) is -2.92. The van der Waals surface area contributed by atoms with Crippen LogP contribution in [0.3, 0.4) is 0 Å². The van der Waals surface area contributed by atoms with Crippen LogP contribution >= 0.6 is 0 Å². The van der Waals surface area contributed by atoms with Gasteiger partial charge in [-0.2, -0.15) is 13.2 Å². The molecule has 0 heterocycles. The molecule has 1 unspecified atom stereocenters. The van der Waals surface area contributed by atoms with Crippen LogP contribution in [0.4, 0.5) is 13.2 Å². The number of unbranched alkanes of at least 4 members (excludes halogenated alkanes) is 7. The normalized spacial score (nSPS) is 12.8. The highest BCUT2D eigenvalue weighted by Crippen LogP contribution is 2.26. The van der Waals surface area contributed by atoms with E-state index in [1.54, 1.807) is 0 Å². The number of amides is 1. The molecule has 0 spiro atoms. The fourth-order valence-electron chi connectivity index (χ4n) is 2.99. The van der Waals surface area contributed by atoms with Gasteiger partial charge in [0.05, 0.1) is 5.92 Å². The molecular formula is C20H28F3NO2. The fourth-order valence-corrected chi connectivity index (χ4v) is 2.99. The molecule has 1 atom stereocenters. The molecule has 2 N–H and O–H groups in total. The summed E-state index contributed by atoms with van der Waals surface area (Å²) in [7, 11) is 0. The van der Waals surface area contributed by atoms with Crippen molar-refractivity contribution in [3.8, 4) is 0 Å². The monoisotopic (exact) mass is 371 g/mol. The Morgan fingerprint density at radius 2 is 1.42 bits per heavy atom. The lowest BCUT2D eigenvalue weighted by atomic mass is 9.91. The van der Waals surface area contributed by atoms with Crippen molar-refractivity contribution in [2.75, 3.05) is 0 Å². The predicted octanol–water partition coefficient (Wildman–Crippen LogP) is 5.53. The quantitative estimate of drug-likeness (QED) is 0.388. The van der Waals surface area contributed by atoms with E-state index in [0.29, 0.717) is 12.0 Å². The lowest BCUT2D eigenvalue weighted by Gasteiger charge is -2.14. The third kappa shape index (κ3) is 7.58. The van der Waals surface area contributed by atoms with Crippen molar-refractivity contribution in [3.63, 3.8) is 0 Å². The summed E-state index contributed by atoms with van der Waals surface area (Å²) in [6.45, 7) is 2.18. The van der Waals surface area contributed by atoms with Gasteiger partial charge in [0.15, 0.2) is 0 Å². The van der Waals surface area contributed by atoms with Gasteiger partial charge >= 0.3 is 6.18 Å². The minimum absolute atomic E-state index is 0.434. The van der Waals surface area contributed by atoms with E-state index in [1.165, 1.54) is 44.2 Å². The first-order valence-corrected chi connectivity index (χ1v) is 9.28. The SMILES string of the molecule is CCCCCCCCCCC(C(N)=O)c1ccc(C(=O)C(F)(F)F)cc1. The molecule has 0 fully saturated rings. The molecule has 0 aliphatic rings. The molecule has 26 heavy (non-hydrogen) atoms. The number of ketones is 1. The Balaban J connectivity index is 2.52. The van der Waals surface area contributed by atoms with Crippen LogP contribution in [-0.4, -0.2) is 17.9 Å². The molecule has 0 aliphatic heterocycles. The highest BCUT2D eigenvalue weighted by Gasteiger charge is 2.39. The highest BCUT2D eigenvalue weighted by molar-refractivity contribution is 6.00. The Labute approximate surface area is 153 Å². The largest absolute Gasteiger partial charge is 0.454 e. The van der Waals surface area contributed by atoms with Crippen LogP contribution in [0.5, 0.6) is 0 Å². The topological polar surface area (TPSA) is 60.2 Å². The summed E-state index contributed by atoms with van der Waals surface area (Å²) in [4.78, 5) is 22.9. The second-order valence-corrected chi connectivity index (χ2v) is 6.67. The molecule has 1 rings (SSSR count). The number of carbonyl (C=O) groups excluding carboxylic acids is 2. The van der Waals surface area contributed by atoms with Crippen molar-refractivity contribution in [1.29, 1.82) is 0 Å². The van der Waals surface area contributed by atoms with Crippen LogP contribution in [0.15, 0.2) is 24.3 Å². The first-order chi connectivity index (χ1) is 12.3. The van der Waals surface area contributed by atoms with E-state index in [0.717, 1.165) is 31.4 Å². The summed E-state index contributed by atoms with van der Waals surface area (Å²) in [6, 6.07) is 4.99. The van der Waals surface area contributed by atoms with E-state index >= 15 is 0 Å². The molecule has 1 aromatic carbocycles. The Morgan fingerprint density at radius 1 is 0.923 bits per heavy atom. The van der Waals surface area contributed by atoms with Crippen molar-refractivity contribution in [3.05, 3.63) is 35.4 Å². The van der Waals surface area contributed by atoms with E-state index in [-0.39, 0.29) is 0 Å². The van der Waals surface area contributed by atoms with Crippen molar-refractivity contribution >= 4 is 11.7 Å². The molecule has 146 valence electrons. The maximum Gasteiger partial charge on any atom is 0.454 e. The number of alkyl halides is 3. The van der Waals surface area contributed by atoms with Crippen LogP contribution in [-0.2, 0) is 4.79 Å². The number of hydrogen-bond donors (Lipinski definition) is 1. The Bertz CT molecular complexity index is 567. The van der Waals surface area contributed by atoms with Crippen molar-refractivity contribution in [2.45, 2.75) is 76.8 Å². The maximum atomic E-state index is 12.4. The van der Waals surface area contributed by atoms with Gasteiger partial charge in [0.1, 0.15) is 0 Å². The van der Waals surface area contributed by atoms with Crippen LogP contribution in [0, 0.1) is 0 Å². The first kappa shape index (κ1) is 22.2. The number of carbonyl (C=O) groups is 2. The number of primary amides is 1. The lowest BCUT2D eigenvalue weighted by molar-refractivity contribution is -0.119. The van der Waals surface area contributed by atoms with Gasteiger partial charge in [0.2, 0.25) is 5.91 Å². The molecule has 0 saturated carbocycles. The molecule has 1 amide bonds. The minimum atomic E-state index is -4.90. The van der Waals surface area contributed by atoms with Crippen LogP contribution in [0.2, 0.25) is 0 Å². The maximum absolute atomic E-state index is 12.4. The average molecular weight is 371 g/mol. The Kier molecular flexibility index (Phi) is 9.38. The van der Waals surface area contributed by atoms with Crippen LogP contribution < -0.4 is 5.73 Å². The lowest BCUT2D eigenvalue weighted by Crippen LogP contribution is -2.23. The molecule has 0 aromatic heterocycles. The minimum Gasteiger partial charge on any atom is -0.369 e. The Morgan fingerprint density at radius 3 is 1.88 bits per heavy atom. The smallest absolute Gasteiger partial charge is 0.369 e. The van der Waals surface area contributed by atoms with Gasteiger partial charge in [-0.05, 0) is 12.0 Å². The van der Waals surface area contributed by atoms with Gasteiger partial charge in [0.25, 0.3) is 5.78 Å². The molecule has 0 bridgehead atoms. The zero-order valence-corrected chi connectivity index (χ0v) is 15.3. The summed E-state index contributed by atoms with van der Waals surface area (Å²) in [5.41, 5.74) is 5.57. The number of Topliss-reactive ketones (excluding diaryl/α,β-unsaturated/α-hetero) is 1. The van der Waals surface area contributed by atoms with Gasteiger partial charge in [-0.15, -0.1) is 0 Å². The van der Waals surface area contributed by atoms with Crippen molar-refractivity contribution in [2.24, 2.45) is 5.73 Å². The standard InChI is InChI=1S/C20H28F3NO2/c1-2-3-4-5-6-7-8-9-10-17(19(24)26)15-11-13-16(14-12-15)18(25)20(21,22)23/h11-14,17H,2-10H2,1H3,(H2,24,26). The molecule has 6 heteroatoms. The highest BCUT2D eigenvalue weighted by atomic mass is 19.4. The van der Waals surface area contributed by atoms with Gasteiger partial charge in [-0.1, -0.05) is 82.6 Å². The molecule has 1 aromatic rings. The van der Waals surface area contributed by atoms with Crippen LogP contribution in [0.25, 0.3) is 0 Å². The summed E-state index contributed by atoms with van der Waals surface area (Å²) in [6.07, 6.45) is 4.74. The van der Waals surface area contributed by atoms with E-state index in [4.69, 9.17) is 5.73 Å². The van der Waals surface area contributed by atoms with Gasteiger partial charge in [-0.3, -0.25) is 9.59 Å². The molecular weight excluding hydrogens is 343 g/mol. The fraction of sp³-hybridized carbons (Fsp3) is 0.600. The number of nitrogens with two attached hydrogens (primary N) is 1. The first-order valence-electron chi connectivity index (χ1n) is 9.28. The molecule has 0 saturated heterocycles. The van der Waals surface area contributed by atoms with Crippen molar-refractivity contribution in [1.82, 2.24) is 0 Å². The van der Waals surface area contributed by atoms with Gasteiger partial charge in [0, 0.05) is 5.56 Å². The number of hydrogen-bond acceptors (Lipinski definition) is 2. The second-order valence-electron chi connectivity index (χ2n) is 6.67.